The van der Waals surface area contributed by atoms with Crippen molar-refractivity contribution in [1.82, 2.24) is 0 Å². The molecule has 0 aromatic heterocycles. The minimum atomic E-state index is -0.901. The molecule has 0 fully saturated rings. The molecule has 0 aliphatic heterocycles. The average molecular weight is 230 g/mol. The molecule has 0 spiro atoms. The lowest BCUT2D eigenvalue weighted by Crippen LogP contribution is -2.02. The van der Waals surface area contributed by atoms with Crippen molar-refractivity contribution in [3.05, 3.63) is 71.0 Å². The van der Waals surface area contributed by atoms with E-state index in [1.807, 2.05) is 24.3 Å². The van der Waals surface area contributed by atoms with E-state index in [0.29, 0.717) is 11.1 Å². The lowest BCUT2D eigenvalue weighted by atomic mass is 9.99. The van der Waals surface area contributed by atoms with Crippen LogP contribution < -0.4 is 0 Å². The standard InChI is InChI=1S/C15H15FO/c1-2-11-7-9-12(10-8-11)15(17)13-5-3-4-6-14(13)16/h3-10,15,17H,2H2,1H3. The molecule has 1 unspecified atom stereocenters. The highest BCUT2D eigenvalue weighted by Gasteiger charge is 2.13. The normalized spacial score (nSPS) is 12.4. The number of aryl methyl sites for hydroxylation is 1. The van der Waals surface area contributed by atoms with Crippen LogP contribution in [-0.4, -0.2) is 5.11 Å². The molecule has 0 amide bonds. The number of aliphatic hydroxyl groups is 1. The van der Waals surface area contributed by atoms with Crippen molar-refractivity contribution in [3.8, 4) is 0 Å². The maximum absolute atomic E-state index is 13.5. The van der Waals surface area contributed by atoms with E-state index in [0.717, 1.165) is 6.42 Å². The van der Waals surface area contributed by atoms with Crippen LogP contribution in [0.2, 0.25) is 0 Å². The Morgan fingerprint density at radius 2 is 1.71 bits per heavy atom. The van der Waals surface area contributed by atoms with Gasteiger partial charge in [-0.1, -0.05) is 49.4 Å². The Bertz CT molecular complexity index is 491. The molecule has 0 radical (unpaired) electrons. The van der Waals surface area contributed by atoms with Gasteiger partial charge in [0.05, 0.1) is 0 Å². The molecule has 0 aliphatic rings. The molecule has 2 heteroatoms. The number of halogens is 1. The van der Waals surface area contributed by atoms with E-state index in [-0.39, 0.29) is 5.82 Å². The quantitative estimate of drug-likeness (QED) is 0.856. The zero-order valence-electron chi connectivity index (χ0n) is 9.73. The van der Waals surface area contributed by atoms with Gasteiger partial charge < -0.3 is 5.11 Å². The highest BCUT2D eigenvalue weighted by atomic mass is 19.1. The van der Waals surface area contributed by atoms with Gasteiger partial charge in [0.15, 0.2) is 0 Å². The Kier molecular flexibility index (Phi) is 3.55. The average Bonchev–Trinajstić information content (AvgIpc) is 2.39. The van der Waals surface area contributed by atoms with E-state index in [2.05, 4.69) is 6.92 Å². The second-order valence-corrected chi connectivity index (χ2v) is 4.02. The number of hydrogen-bond donors (Lipinski definition) is 1. The summed E-state index contributed by atoms with van der Waals surface area (Å²) < 4.78 is 13.5. The second kappa shape index (κ2) is 5.11. The molecule has 1 N–H and O–H groups in total. The summed E-state index contributed by atoms with van der Waals surface area (Å²) in [5.74, 6) is -0.375. The fourth-order valence-corrected chi connectivity index (χ4v) is 1.81. The Morgan fingerprint density at radius 1 is 1.06 bits per heavy atom. The molecule has 2 aromatic rings. The summed E-state index contributed by atoms with van der Waals surface area (Å²) in [5.41, 5.74) is 2.23. The maximum atomic E-state index is 13.5. The number of benzene rings is 2. The SMILES string of the molecule is CCc1ccc(C(O)c2ccccc2F)cc1. The van der Waals surface area contributed by atoms with Gasteiger partial charge >= 0.3 is 0 Å². The van der Waals surface area contributed by atoms with Gasteiger partial charge in [-0.3, -0.25) is 0 Å². The van der Waals surface area contributed by atoms with Gasteiger partial charge in [-0.25, -0.2) is 4.39 Å². The Morgan fingerprint density at radius 3 is 2.29 bits per heavy atom. The minimum absolute atomic E-state index is 0.316. The molecule has 0 aliphatic carbocycles. The lowest BCUT2D eigenvalue weighted by molar-refractivity contribution is 0.215. The van der Waals surface area contributed by atoms with E-state index in [1.54, 1.807) is 18.2 Å². The number of hydrogen-bond acceptors (Lipinski definition) is 1. The van der Waals surface area contributed by atoms with Gasteiger partial charge in [0, 0.05) is 5.56 Å². The van der Waals surface area contributed by atoms with Gasteiger partial charge in [0.25, 0.3) is 0 Å². The largest absolute Gasteiger partial charge is 0.384 e. The van der Waals surface area contributed by atoms with Crippen molar-refractivity contribution < 1.29 is 9.50 Å². The smallest absolute Gasteiger partial charge is 0.129 e. The third kappa shape index (κ3) is 2.53. The first-order chi connectivity index (χ1) is 8.22. The molecule has 2 rings (SSSR count). The highest BCUT2D eigenvalue weighted by molar-refractivity contribution is 5.32. The summed E-state index contributed by atoms with van der Waals surface area (Å²) >= 11 is 0. The molecule has 0 heterocycles. The molecular formula is C15H15FO. The summed E-state index contributed by atoms with van der Waals surface area (Å²) in [7, 11) is 0. The van der Waals surface area contributed by atoms with Crippen LogP contribution in [0.5, 0.6) is 0 Å². The molecule has 0 saturated carbocycles. The van der Waals surface area contributed by atoms with Crippen molar-refractivity contribution in [2.75, 3.05) is 0 Å². The second-order valence-electron chi connectivity index (χ2n) is 4.02. The van der Waals surface area contributed by atoms with Crippen LogP contribution in [-0.2, 0) is 6.42 Å². The van der Waals surface area contributed by atoms with Crippen LogP contribution in [0.1, 0.15) is 29.7 Å². The van der Waals surface area contributed by atoms with E-state index in [9.17, 15) is 9.50 Å². The summed E-state index contributed by atoms with van der Waals surface area (Å²) in [6.45, 7) is 2.07. The van der Waals surface area contributed by atoms with Crippen molar-refractivity contribution in [2.24, 2.45) is 0 Å². The summed E-state index contributed by atoms with van der Waals surface area (Å²) in [5, 5.41) is 10.1. The van der Waals surface area contributed by atoms with E-state index >= 15 is 0 Å². The highest BCUT2D eigenvalue weighted by Crippen LogP contribution is 2.24. The minimum Gasteiger partial charge on any atom is -0.384 e. The van der Waals surface area contributed by atoms with Crippen LogP contribution >= 0.6 is 0 Å². The first-order valence-electron chi connectivity index (χ1n) is 5.73. The Balaban J connectivity index is 2.30. The first kappa shape index (κ1) is 11.8. The molecule has 2 aromatic carbocycles. The first-order valence-corrected chi connectivity index (χ1v) is 5.73. The molecule has 1 nitrogen and oxygen atoms in total. The van der Waals surface area contributed by atoms with Crippen LogP contribution in [0.15, 0.2) is 48.5 Å². The van der Waals surface area contributed by atoms with E-state index < -0.39 is 6.10 Å². The zero-order valence-corrected chi connectivity index (χ0v) is 9.73. The van der Waals surface area contributed by atoms with Crippen LogP contribution in [0.3, 0.4) is 0 Å². The monoisotopic (exact) mass is 230 g/mol. The topological polar surface area (TPSA) is 20.2 Å². The van der Waals surface area contributed by atoms with Crippen molar-refractivity contribution in [2.45, 2.75) is 19.4 Å². The molecule has 88 valence electrons. The fraction of sp³-hybridized carbons (Fsp3) is 0.200. The van der Waals surface area contributed by atoms with Crippen LogP contribution in [0, 0.1) is 5.82 Å². The van der Waals surface area contributed by atoms with Gasteiger partial charge in [0.1, 0.15) is 11.9 Å². The van der Waals surface area contributed by atoms with Gasteiger partial charge in [-0.2, -0.15) is 0 Å². The third-order valence-electron chi connectivity index (χ3n) is 2.90. The molecule has 1 atom stereocenters. The van der Waals surface area contributed by atoms with Gasteiger partial charge in [-0.05, 0) is 23.6 Å². The van der Waals surface area contributed by atoms with Crippen molar-refractivity contribution in [1.29, 1.82) is 0 Å². The molecule has 0 saturated heterocycles. The summed E-state index contributed by atoms with van der Waals surface area (Å²) in [4.78, 5) is 0. The third-order valence-corrected chi connectivity index (χ3v) is 2.90. The van der Waals surface area contributed by atoms with Gasteiger partial charge in [-0.15, -0.1) is 0 Å². The van der Waals surface area contributed by atoms with Crippen LogP contribution in [0.4, 0.5) is 4.39 Å². The number of aliphatic hydroxyl groups excluding tert-OH is 1. The zero-order chi connectivity index (χ0) is 12.3. The maximum Gasteiger partial charge on any atom is 0.129 e. The van der Waals surface area contributed by atoms with Crippen molar-refractivity contribution in [3.63, 3.8) is 0 Å². The number of rotatable bonds is 3. The summed E-state index contributed by atoms with van der Waals surface area (Å²) in [6.07, 6.45) is 0.0536. The lowest BCUT2D eigenvalue weighted by Gasteiger charge is -2.12. The predicted molar refractivity (Wildman–Crippen MR) is 66.3 cm³/mol. The van der Waals surface area contributed by atoms with Crippen LogP contribution in [0.25, 0.3) is 0 Å². The Labute approximate surface area is 101 Å². The van der Waals surface area contributed by atoms with E-state index in [1.165, 1.54) is 11.6 Å². The van der Waals surface area contributed by atoms with Crippen molar-refractivity contribution >= 4 is 0 Å². The predicted octanol–water partition coefficient (Wildman–Crippen LogP) is 3.47. The van der Waals surface area contributed by atoms with Gasteiger partial charge in [0.2, 0.25) is 0 Å². The molecule has 17 heavy (non-hydrogen) atoms. The Hall–Kier alpha value is -1.67. The summed E-state index contributed by atoms with van der Waals surface area (Å²) in [6, 6.07) is 13.9. The fourth-order valence-electron chi connectivity index (χ4n) is 1.81. The molecule has 0 bridgehead atoms. The molecular weight excluding hydrogens is 215 g/mol. The van der Waals surface area contributed by atoms with E-state index in [4.69, 9.17) is 0 Å².